The minimum Gasteiger partial charge on any atom is -0.457 e. The van der Waals surface area contributed by atoms with Crippen molar-refractivity contribution in [1.82, 2.24) is 0 Å². The van der Waals surface area contributed by atoms with Gasteiger partial charge in [-0.15, -0.1) is 0 Å². The van der Waals surface area contributed by atoms with Gasteiger partial charge >= 0.3 is 0 Å². The average Bonchev–Trinajstić information content (AvgIpc) is 2.51. The van der Waals surface area contributed by atoms with Gasteiger partial charge in [-0.2, -0.15) is 0 Å². The summed E-state index contributed by atoms with van der Waals surface area (Å²) in [7, 11) is 8.22. The van der Waals surface area contributed by atoms with Gasteiger partial charge in [-0.3, -0.25) is 0 Å². The third-order valence-corrected chi connectivity index (χ3v) is 4.41. The number of rotatable bonds is 3. The fourth-order valence-corrected chi connectivity index (χ4v) is 3.08. The lowest BCUT2D eigenvalue weighted by Crippen LogP contribution is -2.14. The molecular weight excluding hydrogens is 272 g/mol. The van der Waals surface area contributed by atoms with Crippen molar-refractivity contribution in [2.24, 2.45) is 0 Å². The van der Waals surface area contributed by atoms with E-state index in [1.165, 1.54) is 22.5 Å². The summed E-state index contributed by atoms with van der Waals surface area (Å²) in [5, 5.41) is 0. The molecule has 0 radical (unpaired) electrons. The summed E-state index contributed by atoms with van der Waals surface area (Å²) < 4.78 is 6.24. The second-order valence-corrected chi connectivity index (χ2v) is 6.30. The fraction of sp³-hybridized carbons (Fsp3) is 0.368. The Kier molecular flexibility index (Phi) is 3.73. The Bertz CT molecular complexity index is 634. The van der Waals surface area contributed by atoms with E-state index < -0.39 is 0 Å². The van der Waals surface area contributed by atoms with Crippen LogP contribution in [0.5, 0.6) is 11.5 Å². The quantitative estimate of drug-likeness (QED) is 0.831. The summed E-state index contributed by atoms with van der Waals surface area (Å²) in [6.07, 6.45) is 1.08. The molecule has 0 aromatic heterocycles. The molecular formula is C19H24N2O. The zero-order valence-corrected chi connectivity index (χ0v) is 14.1. The maximum Gasteiger partial charge on any atom is 0.133 e. The second kappa shape index (κ2) is 5.56. The van der Waals surface area contributed by atoms with Gasteiger partial charge in [-0.25, -0.2) is 0 Å². The van der Waals surface area contributed by atoms with Gasteiger partial charge in [-0.1, -0.05) is 19.1 Å². The summed E-state index contributed by atoms with van der Waals surface area (Å²) in [6.45, 7) is 2.24. The highest BCUT2D eigenvalue weighted by Crippen LogP contribution is 2.47. The predicted octanol–water partition coefficient (Wildman–Crippen LogP) is 4.47. The van der Waals surface area contributed by atoms with E-state index >= 15 is 0 Å². The van der Waals surface area contributed by atoms with Crippen LogP contribution in [0.2, 0.25) is 0 Å². The van der Waals surface area contributed by atoms with Crippen molar-refractivity contribution in [3.05, 3.63) is 47.5 Å². The van der Waals surface area contributed by atoms with Crippen LogP contribution in [0, 0.1) is 0 Å². The predicted molar refractivity (Wildman–Crippen MR) is 93.7 cm³/mol. The molecule has 0 saturated carbocycles. The molecule has 116 valence electrons. The van der Waals surface area contributed by atoms with Crippen molar-refractivity contribution in [3.63, 3.8) is 0 Å². The van der Waals surface area contributed by atoms with Crippen LogP contribution < -0.4 is 14.5 Å². The van der Waals surface area contributed by atoms with Crippen LogP contribution in [-0.4, -0.2) is 28.2 Å². The molecule has 2 aromatic carbocycles. The van der Waals surface area contributed by atoms with E-state index in [0.717, 1.165) is 17.9 Å². The van der Waals surface area contributed by atoms with Crippen LogP contribution in [-0.2, 0) is 0 Å². The zero-order chi connectivity index (χ0) is 15.9. The summed E-state index contributed by atoms with van der Waals surface area (Å²) in [6, 6.07) is 13.0. The molecule has 2 aromatic rings. The van der Waals surface area contributed by atoms with Gasteiger partial charge in [0.25, 0.3) is 0 Å². The first-order valence-corrected chi connectivity index (χ1v) is 7.81. The molecule has 0 atom stereocenters. The van der Waals surface area contributed by atoms with Gasteiger partial charge in [-0.05, 0) is 18.6 Å². The number of ether oxygens (including phenoxy) is 1. The molecule has 0 fully saturated rings. The number of anilines is 2. The van der Waals surface area contributed by atoms with Crippen LogP contribution in [0.1, 0.15) is 30.4 Å². The Hall–Kier alpha value is -2.16. The third-order valence-electron chi connectivity index (χ3n) is 4.41. The molecule has 3 nitrogen and oxygen atoms in total. The van der Waals surface area contributed by atoms with Gasteiger partial charge in [0.05, 0.1) is 0 Å². The Balaban J connectivity index is 2.09. The summed E-state index contributed by atoms with van der Waals surface area (Å²) in [4.78, 5) is 4.21. The average molecular weight is 296 g/mol. The van der Waals surface area contributed by atoms with Crippen molar-refractivity contribution in [2.75, 3.05) is 38.0 Å². The molecule has 0 amide bonds. The summed E-state index contributed by atoms with van der Waals surface area (Å²) in [5.74, 6) is 2.38. The largest absolute Gasteiger partial charge is 0.457 e. The third kappa shape index (κ3) is 2.41. The minimum absolute atomic E-state index is 0.408. The van der Waals surface area contributed by atoms with Crippen molar-refractivity contribution in [2.45, 2.75) is 19.3 Å². The van der Waals surface area contributed by atoms with Crippen molar-refractivity contribution in [3.8, 4) is 11.5 Å². The smallest absolute Gasteiger partial charge is 0.133 e. The molecule has 0 aliphatic carbocycles. The van der Waals surface area contributed by atoms with Crippen molar-refractivity contribution < 1.29 is 4.74 Å². The first-order chi connectivity index (χ1) is 10.5. The molecule has 1 heterocycles. The van der Waals surface area contributed by atoms with Crippen LogP contribution in [0.15, 0.2) is 36.4 Å². The minimum atomic E-state index is 0.408. The maximum absolute atomic E-state index is 6.24. The number of benzene rings is 2. The number of hydrogen-bond donors (Lipinski definition) is 0. The van der Waals surface area contributed by atoms with E-state index in [4.69, 9.17) is 4.74 Å². The molecule has 0 unspecified atom stereocenters. The standard InChI is InChI=1S/C19H24N2O/c1-6-15-16-9-7-13(20(2)3)11-18(16)22-19-12-14(21(4)5)8-10-17(15)19/h7-12,15H,6H2,1-5H3. The topological polar surface area (TPSA) is 15.7 Å². The zero-order valence-electron chi connectivity index (χ0n) is 14.1. The molecule has 0 bridgehead atoms. The highest BCUT2D eigenvalue weighted by Gasteiger charge is 2.26. The van der Waals surface area contributed by atoms with E-state index in [1.54, 1.807) is 0 Å². The normalized spacial score (nSPS) is 13.1. The van der Waals surface area contributed by atoms with Gasteiger partial charge in [0.15, 0.2) is 0 Å². The Labute approximate surface area is 133 Å². The molecule has 0 saturated heterocycles. The van der Waals surface area contributed by atoms with Gasteiger partial charge in [0.1, 0.15) is 11.5 Å². The second-order valence-electron chi connectivity index (χ2n) is 6.30. The number of hydrogen-bond acceptors (Lipinski definition) is 3. The van der Waals surface area contributed by atoms with Crippen LogP contribution in [0.3, 0.4) is 0 Å². The molecule has 1 aliphatic rings. The molecule has 22 heavy (non-hydrogen) atoms. The molecule has 3 rings (SSSR count). The highest BCUT2D eigenvalue weighted by molar-refractivity contribution is 5.63. The Morgan fingerprint density at radius 2 is 1.27 bits per heavy atom. The fourth-order valence-electron chi connectivity index (χ4n) is 3.08. The summed E-state index contributed by atoms with van der Waals surface area (Å²) >= 11 is 0. The highest BCUT2D eigenvalue weighted by atomic mass is 16.5. The van der Waals surface area contributed by atoms with E-state index in [0.29, 0.717) is 5.92 Å². The lowest BCUT2D eigenvalue weighted by molar-refractivity contribution is 0.443. The Morgan fingerprint density at radius 3 is 1.64 bits per heavy atom. The SMILES string of the molecule is CCC1c2ccc(N(C)C)cc2Oc2cc(N(C)C)ccc21. The molecule has 1 aliphatic heterocycles. The molecule has 0 N–H and O–H groups in total. The van der Waals surface area contributed by atoms with Crippen molar-refractivity contribution >= 4 is 11.4 Å². The maximum atomic E-state index is 6.24. The van der Waals surface area contributed by atoms with Gasteiger partial charge in [0, 0.05) is 68.7 Å². The molecule has 0 spiro atoms. The van der Waals surface area contributed by atoms with Crippen LogP contribution in [0.25, 0.3) is 0 Å². The van der Waals surface area contributed by atoms with Crippen LogP contribution >= 0.6 is 0 Å². The number of nitrogens with zero attached hydrogens (tertiary/aromatic N) is 2. The van der Waals surface area contributed by atoms with E-state index in [1.807, 2.05) is 0 Å². The van der Waals surface area contributed by atoms with Gasteiger partial charge < -0.3 is 14.5 Å². The van der Waals surface area contributed by atoms with Crippen LogP contribution in [0.4, 0.5) is 11.4 Å². The van der Waals surface area contributed by atoms with E-state index in [9.17, 15) is 0 Å². The van der Waals surface area contributed by atoms with Crippen molar-refractivity contribution in [1.29, 1.82) is 0 Å². The van der Waals surface area contributed by atoms with E-state index in [2.05, 4.69) is 81.3 Å². The number of fused-ring (bicyclic) bond motifs is 2. The lowest BCUT2D eigenvalue weighted by Gasteiger charge is -2.29. The monoisotopic (exact) mass is 296 g/mol. The first-order valence-electron chi connectivity index (χ1n) is 7.81. The van der Waals surface area contributed by atoms with Gasteiger partial charge in [0.2, 0.25) is 0 Å². The summed E-state index contributed by atoms with van der Waals surface area (Å²) in [5.41, 5.74) is 4.91. The molecule has 3 heteroatoms. The Morgan fingerprint density at radius 1 is 0.818 bits per heavy atom. The van der Waals surface area contributed by atoms with E-state index in [-0.39, 0.29) is 0 Å². The first kappa shape index (κ1) is 14.8. The lowest BCUT2D eigenvalue weighted by atomic mass is 9.86.